The zero-order valence-electron chi connectivity index (χ0n) is 13.9. The zero-order valence-corrected chi connectivity index (χ0v) is 14.7. The van der Waals surface area contributed by atoms with Crippen molar-refractivity contribution in [2.75, 3.05) is 12.8 Å². The predicted octanol–water partition coefficient (Wildman–Crippen LogP) is 1.54. The zero-order chi connectivity index (χ0) is 16.7. The topological polar surface area (TPSA) is 72.3 Å². The Hall–Kier alpha value is -1.37. The Balaban J connectivity index is 1.82. The molecule has 0 bridgehead atoms. The number of hydrogen-bond acceptors (Lipinski definition) is 4. The van der Waals surface area contributed by atoms with Gasteiger partial charge in [0.05, 0.1) is 18.8 Å². The van der Waals surface area contributed by atoms with Crippen molar-refractivity contribution >= 4 is 15.7 Å². The third-order valence-electron chi connectivity index (χ3n) is 5.31. The molecule has 1 aromatic rings. The number of sulfone groups is 1. The van der Waals surface area contributed by atoms with Crippen molar-refractivity contribution in [1.82, 2.24) is 14.7 Å². The van der Waals surface area contributed by atoms with E-state index in [2.05, 4.69) is 5.10 Å². The molecular weight excluding hydrogens is 314 g/mol. The van der Waals surface area contributed by atoms with Gasteiger partial charge in [-0.3, -0.25) is 9.48 Å². The van der Waals surface area contributed by atoms with Crippen LogP contribution in [-0.4, -0.2) is 52.6 Å². The van der Waals surface area contributed by atoms with Crippen LogP contribution in [0, 0.1) is 6.92 Å². The fourth-order valence-electron chi connectivity index (χ4n) is 4.03. The van der Waals surface area contributed by atoms with E-state index in [1.54, 1.807) is 6.20 Å². The fourth-order valence-corrected chi connectivity index (χ4v) is 5.49. The van der Waals surface area contributed by atoms with E-state index in [0.717, 1.165) is 31.2 Å². The molecule has 23 heavy (non-hydrogen) atoms. The molecule has 2 aliphatic rings. The highest BCUT2D eigenvalue weighted by Crippen LogP contribution is 2.39. The lowest BCUT2D eigenvalue weighted by Crippen LogP contribution is -2.54. The molecule has 0 radical (unpaired) electrons. The number of aromatic nitrogens is 2. The highest BCUT2D eigenvalue weighted by molar-refractivity contribution is 7.92. The van der Waals surface area contributed by atoms with Crippen LogP contribution in [0.25, 0.3) is 0 Å². The van der Waals surface area contributed by atoms with Crippen LogP contribution in [0.1, 0.15) is 44.1 Å². The minimum atomic E-state index is -3.41. The van der Waals surface area contributed by atoms with Gasteiger partial charge in [-0.25, -0.2) is 8.42 Å². The second kappa shape index (κ2) is 5.92. The number of hydrogen-bond donors (Lipinski definition) is 0. The van der Waals surface area contributed by atoms with Gasteiger partial charge in [0.15, 0.2) is 14.6 Å². The lowest BCUT2D eigenvalue weighted by Gasteiger charge is -2.34. The lowest BCUT2D eigenvalue weighted by molar-refractivity contribution is -0.135. The molecule has 6 nitrogen and oxygen atoms in total. The molecule has 0 N–H and O–H groups in total. The highest BCUT2D eigenvalue weighted by atomic mass is 32.2. The van der Waals surface area contributed by atoms with Gasteiger partial charge in [0.1, 0.15) is 0 Å². The molecule has 0 spiro atoms. The number of nitrogens with zero attached hydrogens (tertiary/aromatic N) is 3. The minimum absolute atomic E-state index is 0.0426. The Kier molecular flexibility index (Phi) is 4.25. The van der Waals surface area contributed by atoms with Crippen LogP contribution in [0.15, 0.2) is 12.4 Å². The van der Waals surface area contributed by atoms with Gasteiger partial charge in [-0.2, -0.15) is 5.10 Å². The summed E-state index contributed by atoms with van der Waals surface area (Å²) in [7, 11) is -3.41. The highest BCUT2D eigenvalue weighted by Gasteiger charge is 2.53. The van der Waals surface area contributed by atoms with E-state index in [4.69, 9.17) is 0 Å². The standard InChI is InChI=1S/C16H25N3O3S/c1-13-10-17-18(11-13)12-14-6-5-9-19(14)15(20)16(23(2,21)22)7-3-4-8-16/h10-11,14H,3-9,12H2,1-2H3. The molecule has 1 aliphatic heterocycles. The molecule has 3 rings (SSSR count). The second-order valence-electron chi connectivity index (χ2n) is 7.01. The minimum Gasteiger partial charge on any atom is -0.336 e. The van der Waals surface area contributed by atoms with Gasteiger partial charge < -0.3 is 4.90 Å². The third-order valence-corrected chi connectivity index (χ3v) is 7.31. The third kappa shape index (κ3) is 2.91. The van der Waals surface area contributed by atoms with Crippen molar-refractivity contribution in [3.8, 4) is 0 Å². The monoisotopic (exact) mass is 339 g/mol. The summed E-state index contributed by atoms with van der Waals surface area (Å²) in [6, 6.07) is 0.0426. The Morgan fingerprint density at radius 3 is 2.61 bits per heavy atom. The van der Waals surface area contributed by atoms with E-state index in [1.165, 1.54) is 6.26 Å². The predicted molar refractivity (Wildman–Crippen MR) is 87.7 cm³/mol. The van der Waals surface area contributed by atoms with Crippen molar-refractivity contribution in [2.24, 2.45) is 0 Å². The van der Waals surface area contributed by atoms with Gasteiger partial charge in [0, 0.05) is 19.0 Å². The number of carbonyl (C=O) groups excluding carboxylic acids is 1. The summed E-state index contributed by atoms with van der Waals surface area (Å²) in [6.07, 6.45) is 9.38. The number of amides is 1. The normalized spacial score (nSPS) is 24.3. The first kappa shape index (κ1) is 16.5. The second-order valence-corrected chi connectivity index (χ2v) is 9.33. The molecule has 1 saturated carbocycles. The summed E-state index contributed by atoms with van der Waals surface area (Å²) in [6.45, 7) is 3.28. The Labute approximate surface area is 137 Å². The summed E-state index contributed by atoms with van der Waals surface area (Å²) >= 11 is 0. The maximum atomic E-state index is 13.1. The van der Waals surface area contributed by atoms with Crippen LogP contribution in [0.5, 0.6) is 0 Å². The van der Waals surface area contributed by atoms with E-state index in [1.807, 2.05) is 22.7 Å². The van der Waals surface area contributed by atoms with Crippen molar-refractivity contribution in [3.05, 3.63) is 18.0 Å². The molecule has 2 heterocycles. The van der Waals surface area contributed by atoms with Gasteiger partial charge in [-0.1, -0.05) is 12.8 Å². The molecular formula is C16H25N3O3S. The van der Waals surface area contributed by atoms with Gasteiger partial charge in [0.2, 0.25) is 5.91 Å². The van der Waals surface area contributed by atoms with Crippen LogP contribution in [0.3, 0.4) is 0 Å². The van der Waals surface area contributed by atoms with Crippen LogP contribution < -0.4 is 0 Å². The molecule has 0 aromatic carbocycles. The van der Waals surface area contributed by atoms with Gasteiger partial charge >= 0.3 is 0 Å². The van der Waals surface area contributed by atoms with Crippen LogP contribution in [0.2, 0.25) is 0 Å². The average molecular weight is 339 g/mol. The van der Waals surface area contributed by atoms with Gasteiger partial charge in [-0.05, 0) is 38.2 Å². The van der Waals surface area contributed by atoms with E-state index >= 15 is 0 Å². The number of aryl methyl sites for hydroxylation is 1. The first-order valence-corrected chi connectivity index (χ1v) is 10.2. The molecule has 7 heteroatoms. The summed E-state index contributed by atoms with van der Waals surface area (Å²) in [5.41, 5.74) is 1.09. The van der Waals surface area contributed by atoms with Gasteiger partial charge in [-0.15, -0.1) is 0 Å². The number of carbonyl (C=O) groups is 1. The number of likely N-dealkylation sites (tertiary alicyclic amines) is 1. The summed E-state index contributed by atoms with van der Waals surface area (Å²) < 4.78 is 25.4. The van der Waals surface area contributed by atoms with Crippen molar-refractivity contribution in [3.63, 3.8) is 0 Å². The van der Waals surface area contributed by atoms with Crippen molar-refractivity contribution in [2.45, 2.75) is 62.8 Å². The van der Waals surface area contributed by atoms with E-state index in [0.29, 0.717) is 25.9 Å². The maximum absolute atomic E-state index is 13.1. The Morgan fingerprint density at radius 2 is 2.04 bits per heavy atom. The Morgan fingerprint density at radius 1 is 1.35 bits per heavy atom. The van der Waals surface area contributed by atoms with Crippen molar-refractivity contribution in [1.29, 1.82) is 0 Å². The van der Waals surface area contributed by atoms with Crippen molar-refractivity contribution < 1.29 is 13.2 Å². The molecule has 2 fully saturated rings. The molecule has 1 unspecified atom stereocenters. The fraction of sp³-hybridized carbons (Fsp3) is 0.750. The van der Waals surface area contributed by atoms with Crippen LogP contribution in [-0.2, 0) is 21.2 Å². The average Bonchev–Trinajstić information content (AvgIpc) is 3.18. The quantitative estimate of drug-likeness (QED) is 0.834. The Bertz CT molecular complexity index is 689. The molecule has 1 saturated heterocycles. The summed E-state index contributed by atoms with van der Waals surface area (Å²) in [5, 5.41) is 4.30. The van der Waals surface area contributed by atoms with E-state index in [9.17, 15) is 13.2 Å². The summed E-state index contributed by atoms with van der Waals surface area (Å²) in [4.78, 5) is 14.9. The van der Waals surface area contributed by atoms with Gasteiger partial charge in [0.25, 0.3) is 0 Å². The molecule has 1 aromatic heterocycles. The molecule has 1 aliphatic carbocycles. The summed E-state index contributed by atoms with van der Waals surface area (Å²) in [5.74, 6) is -0.177. The van der Waals surface area contributed by atoms with E-state index < -0.39 is 14.6 Å². The SMILES string of the molecule is Cc1cnn(CC2CCCN2C(=O)C2(S(C)(=O)=O)CCCC2)c1. The lowest BCUT2D eigenvalue weighted by atomic mass is 10.0. The first-order chi connectivity index (χ1) is 10.8. The number of rotatable bonds is 4. The van der Waals surface area contributed by atoms with Crippen LogP contribution in [0.4, 0.5) is 0 Å². The first-order valence-electron chi connectivity index (χ1n) is 8.33. The molecule has 1 atom stereocenters. The maximum Gasteiger partial charge on any atom is 0.244 e. The molecule has 128 valence electrons. The van der Waals surface area contributed by atoms with E-state index in [-0.39, 0.29) is 11.9 Å². The smallest absolute Gasteiger partial charge is 0.244 e. The molecule has 1 amide bonds. The largest absolute Gasteiger partial charge is 0.336 e. The van der Waals surface area contributed by atoms with Crippen LogP contribution >= 0.6 is 0 Å².